The van der Waals surface area contributed by atoms with Gasteiger partial charge >= 0.3 is 0 Å². The number of benzene rings is 1. The van der Waals surface area contributed by atoms with Crippen molar-refractivity contribution < 1.29 is 17.2 Å². The van der Waals surface area contributed by atoms with E-state index in [0.717, 1.165) is 6.07 Å². The molecule has 1 N–H and O–H groups in total. The molecule has 0 unspecified atom stereocenters. The highest BCUT2D eigenvalue weighted by Crippen LogP contribution is 2.29. The molecule has 1 aromatic heterocycles. The molecule has 0 aliphatic heterocycles. The van der Waals surface area contributed by atoms with Gasteiger partial charge in [-0.05, 0) is 44.0 Å². The Labute approximate surface area is 140 Å². The maximum Gasteiger partial charge on any atom is 0.266 e. The van der Waals surface area contributed by atoms with Gasteiger partial charge in [-0.1, -0.05) is 11.6 Å². The molecule has 0 radical (unpaired) electrons. The van der Waals surface area contributed by atoms with Gasteiger partial charge in [0.15, 0.2) is 0 Å². The number of pyridine rings is 1. The number of nitrogens with zero attached hydrogens (tertiary/aromatic N) is 1. The van der Waals surface area contributed by atoms with E-state index in [1.807, 2.05) is 0 Å². The van der Waals surface area contributed by atoms with E-state index < -0.39 is 26.6 Å². The Morgan fingerprint density at radius 3 is 2.38 bits per heavy atom. The summed E-state index contributed by atoms with van der Waals surface area (Å²) in [6.45, 7) is 0. The van der Waals surface area contributed by atoms with Crippen molar-refractivity contribution >= 4 is 59.2 Å². The van der Waals surface area contributed by atoms with E-state index in [4.69, 9.17) is 11.6 Å². The number of anilines is 1. The first-order chi connectivity index (χ1) is 9.70. The largest absolute Gasteiger partial charge is 0.278 e. The zero-order valence-electron chi connectivity index (χ0n) is 9.87. The summed E-state index contributed by atoms with van der Waals surface area (Å²) in [5.41, 5.74) is 0.0712. The van der Waals surface area contributed by atoms with Crippen LogP contribution >= 0.6 is 43.5 Å². The molecule has 0 aliphatic carbocycles. The number of aromatic nitrogens is 1. The SMILES string of the molecule is O=S(=O)(Nc1cnc(Cl)c(Br)c1)c1c(F)cc(F)cc1Br. The van der Waals surface area contributed by atoms with Gasteiger partial charge in [0.05, 0.1) is 16.4 Å². The molecular weight excluding hydrogens is 457 g/mol. The summed E-state index contributed by atoms with van der Waals surface area (Å²) in [6.07, 6.45) is 1.17. The zero-order chi connectivity index (χ0) is 15.8. The Balaban J connectivity index is 2.46. The van der Waals surface area contributed by atoms with Gasteiger partial charge in [0.25, 0.3) is 10.0 Å². The predicted molar refractivity (Wildman–Crippen MR) is 81.8 cm³/mol. The summed E-state index contributed by atoms with van der Waals surface area (Å²) in [4.78, 5) is 3.04. The van der Waals surface area contributed by atoms with Crippen LogP contribution in [0.5, 0.6) is 0 Å². The van der Waals surface area contributed by atoms with Crippen LogP contribution in [0.25, 0.3) is 0 Å². The Morgan fingerprint density at radius 1 is 1.14 bits per heavy atom. The fourth-order valence-corrected chi connectivity index (χ4v) is 4.12. The zero-order valence-corrected chi connectivity index (χ0v) is 14.6. The Kier molecular flexibility index (Phi) is 4.86. The van der Waals surface area contributed by atoms with Crippen molar-refractivity contribution in [3.8, 4) is 0 Å². The van der Waals surface area contributed by atoms with Crippen molar-refractivity contribution in [1.82, 2.24) is 4.98 Å². The first-order valence-electron chi connectivity index (χ1n) is 5.19. The van der Waals surface area contributed by atoms with Crippen LogP contribution < -0.4 is 4.72 Å². The van der Waals surface area contributed by atoms with Gasteiger partial charge in [0, 0.05) is 10.5 Å². The van der Waals surface area contributed by atoms with Gasteiger partial charge in [-0.2, -0.15) is 0 Å². The maximum absolute atomic E-state index is 13.7. The number of nitrogens with one attached hydrogen (secondary N) is 1. The minimum Gasteiger partial charge on any atom is -0.278 e. The summed E-state index contributed by atoms with van der Waals surface area (Å²) in [5, 5.41) is 0.145. The van der Waals surface area contributed by atoms with Crippen molar-refractivity contribution in [3.63, 3.8) is 0 Å². The van der Waals surface area contributed by atoms with Crippen molar-refractivity contribution in [2.24, 2.45) is 0 Å². The van der Waals surface area contributed by atoms with E-state index in [1.165, 1.54) is 12.3 Å². The summed E-state index contributed by atoms with van der Waals surface area (Å²) in [6, 6.07) is 2.70. The van der Waals surface area contributed by atoms with Crippen LogP contribution in [0.3, 0.4) is 0 Å². The van der Waals surface area contributed by atoms with E-state index in [2.05, 4.69) is 41.6 Å². The number of rotatable bonds is 3. The Morgan fingerprint density at radius 2 is 1.81 bits per heavy atom. The highest BCUT2D eigenvalue weighted by molar-refractivity contribution is 9.10. The fourth-order valence-electron chi connectivity index (χ4n) is 1.47. The van der Waals surface area contributed by atoms with Gasteiger partial charge in [-0.3, -0.25) is 4.72 Å². The van der Waals surface area contributed by atoms with E-state index in [9.17, 15) is 17.2 Å². The molecule has 0 bridgehead atoms. The molecule has 0 spiro atoms. The standard InChI is InChI=1S/C11H5Br2ClF2N2O2S/c12-7-1-5(15)2-9(16)10(7)21(19,20)18-6-3-8(13)11(14)17-4-6/h1-4,18H. The molecule has 21 heavy (non-hydrogen) atoms. The second-order valence-electron chi connectivity index (χ2n) is 3.80. The van der Waals surface area contributed by atoms with Gasteiger partial charge in [-0.15, -0.1) is 0 Å². The molecule has 10 heteroatoms. The van der Waals surface area contributed by atoms with Crippen LogP contribution in [-0.4, -0.2) is 13.4 Å². The van der Waals surface area contributed by atoms with Gasteiger partial charge in [-0.25, -0.2) is 22.2 Å². The molecular formula is C11H5Br2ClF2N2O2S. The van der Waals surface area contributed by atoms with Crippen LogP contribution in [-0.2, 0) is 10.0 Å². The smallest absolute Gasteiger partial charge is 0.266 e. The van der Waals surface area contributed by atoms with Crippen molar-refractivity contribution in [1.29, 1.82) is 0 Å². The van der Waals surface area contributed by atoms with E-state index in [1.54, 1.807) is 0 Å². The van der Waals surface area contributed by atoms with Crippen LogP contribution in [0.15, 0.2) is 38.2 Å². The van der Waals surface area contributed by atoms with E-state index in [-0.39, 0.29) is 15.3 Å². The van der Waals surface area contributed by atoms with E-state index in [0.29, 0.717) is 10.5 Å². The van der Waals surface area contributed by atoms with Crippen molar-refractivity contribution in [2.75, 3.05) is 4.72 Å². The van der Waals surface area contributed by atoms with Crippen LogP contribution in [0.1, 0.15) is 0 Å². The molecule has 0 amide bonds. The highest BCUT2D eigenvalue weighted by atomic mass is 79.9. The molecule has 4 nitrogen and oxygen atoms in total. The third-order valence-electron chi connectivity index (χ3n) is 2.28. The number of hydrogen-bond donors (Lipinski definition) is 1. The molecule has 112 valence electrons. The third kappa shape index (κ3) is 3.71. The first kappa shape index (κ1) is 16.6. The molecule has 0 fully saturated rings. The second kappa shape index (κ2) is 6.15. The highest BCUT2D eigenvalue weighted by Gasteiger charge is 2.24. The fraction of sp³-hybridized carbons (Fsp3) is 0. The monoisotopic (exact) mass is 460 g/mol. The van der Waals surface area contributed by atoms with Crippen LogP contribution in [0.2, 0.25) is 5.15 Å². The Hall–Kier alpha value is -0.770. The minimum absolute atomic E-state index is 0.0712. The van der Waals surface area contributed by atoms with Crippen LogP contribution in [0, 0.1) is 11.6 Å². The quantitative estimate of drug-likeness (QED) is 0.691. The molecule has 1 heterocycles. The number of hydrogen-bond acceptors (Lipinski definition) is 3. The lowest BCUT2D eigenvalue weighted by atomic mass is 10.3. The third-order valence-corrected chi connectivity index (χ3v) is 5.76. The van der Waals surface area contributed by atoms with E-state index >= 15 is 0 Å². The molecule has 2 aromatic rings. The summed E-state index contributed by atoms with van der Waals surface area (Å²) < 4.78 is 53.3. The molecule has 0 saturated heterocycles. The minimum atomic E-state index is -4.26. The first-order valence-corrected chi connectivity index (χ1v) is 8.64. The second-order valence-corrected chi connectivity index (χ2v) is 7.49. The van der Waals surface area contributed by atoms with Gasteiger partial charge in [0.2, 0.25) is 0 Å². The lowest BCUT2D eigenvalue weighted by molar-refractivity contribution is 0.548. The molecule has 0 atom stereocenters. The molecule has 2 rings (SSSR count). The van der Waals surface area contributed by atoms with Crippen molar-refractivity contribution in [2.45, 2.75) is 4.90 Å². The Bertz CT molecular complexity index is 795. The molecule has 0 aliphatic rings. The molecule has 1 aromatic carbocycles. The summed E-state index contributed by atoms with van der Waals surface area (Å²) in [5.74, 6) is -2.11. The number of halogens is 5. The molecule has 0 saturated carbocycles. The summed E-state index contributed by atoms with van der Waals surface area (Å²) >= 11 is 11.6. The summed E-state index contributed by atoms with van der Waals surface area (Å²) in [7, 11) is -4.26. The topological polar surface area (TPSA) is 59.1 Å². The lowest BCUT2D eigenvalue weighted by Gasteiger charge is -2.11. The van der Waals surface area contributed by atoms with Crippen LogP contribution in [0.4, 0.5) is 14.5 Å². The average molecular weight is 462 g/mol. The maximum atomic E-state index is 13.7. The predicted octanol–water partition coefficient (Wildman–Crippen LogP) is 4.34. The normalized spacial score (nSPS) is 11.5. The van der Waals surface area contributed by atoms with Crippen molar-refractivity contribution in [3.05, 3.63) is 50.1 Å². The average Bonchev–Trinajstić information content (AvgIpc) is 2.31. The van der Waals surface area contributed by atoms with Gasteiger partial charge in [0.1, 0.15) is 21.7 Å². The van der Waals surface area contributed by atoms with Gasteiger partial charge < -0.3 is 0 Å². The number of sulfonamides is 1. The lowest BCUT2D eigenvalue weighted by Crippen LogP contribution is -2.15.